The van der Waals surface area contributed by atoms with Gasteiger partial charge < -0.3 is 5.32 Å². The molecule has 0 unspecified atom stereocenters. The second-order valence-corrected chi connectivity index (χ2v) is 9.12. The van der Waals surface area contributed by atoms with Gasteiger partial charge in [-0.05, 0) is 43.4 Å². The average Bonchev–Trinajstić information content (AvgIpc) is 3.46. The summed E-state index contributed by atoms with van der Waals surface area (Å²) in [6.07, 6.45) is 2.76. The molecule has 0 saturated carbocycles. The topological polar surface area (TPSA) is 45.2 Å². The highest BCUT2D eigenvalue weighted by Gasteiger charge is 2.24. The van der Waals surface area contributed by atoms with Crippen LogP contribution in [-0.4, -0.2) is 35.4 Å². The van der Waals surface area contributed by atoms with Crippen LogP contribution < -0.4 is 5.32 Å². The van der Waals surface area contributed by atoms with E-state index in [9.17, 15) is 4.79 Å². The van der Waals surface area contributed by atoms with Gasteiger partial charge in [0.05, 0.1) is 23.2 Å². The van der Waals surface area contributed by atoms with Gasteiger partial charge in [-0.3, -0.25) is 9.69 Å². The number of hydrogen-bond donors (Lipinski definition) is 1. The number of aromatic nitrogens is 1. The van der Waals surface area contributed by atoms with Crippen LogP contribution in [0.15, 0.2) is 47.2 Å². The number of amides is 1. The van der Waals surface area contributed by atoms with Gasteiger partial charge in [-0.1, -0.05) is 35.9 Å². The lowest BCUT2D eigenvalue weighted by Gasteiger charge is -2.26. The molecule has 0 radical (unpaired) electrons. The maximum absolute atomic E-state index is 12.5. The maximum atomic E-state index is 12.5. The van der Waals surface area contributed by atoms with E-state index in [1.807, 2.05) is 29.6 Å². The number of thiazole rings is 1. The Kier molecular flexibility index (Phi) is 6.42. The summed E-state index contributed by atoms with van der Waals surface area (Å²) in [6, 6.07) is 12.2. The summed E-state index contributed by atoms with van der Waals surface area (Å²) in [5.41, 5.74) is 1.69. The van der Waals surface area contributed by atoms with Crippen molar-refractivity contribution in [2.24, 2.45) is 0 Å². The van der Waals surface area contributed by atoms with Crippen molar-refractivity contribution in [1.82, 2.24) is 15.2 Å². The Labute approximate surface area is 178 Å². The van der Waals surface area contributed by atoms with Gasteiger partial charge in [0.15, 0.2) is 0 Å². The zero-order valence-corrected chi connectivity index (χ0v) is 17.8. The van der Waals surface area contributed by atoms with Crippen LogP contribution in [0.5, 0.6) is 0 Å². The molecule has 28 heavy (non-hydrogen) atoms. The normalized spacial score (nSPS) is 15.6. The lowest BCUT2D eigenvalue weighted by molar-refractivity contribution is -0.120. The van der Waals surface area contributed by atoms with E-state index in [4.69, 9.17) is 11.6 Å². The molecule has 2 aromatic heterocycles. The van der Waals surface area contributed by atoms with Crippen molar-refractivity contribution in [2.45, 2.75) is 25.3 Å². The van der Waals surface area contributed by atoms with Gasteiger partial charge in [0.25, 0.3) is 0 Å². The number of halogens is 1. The molecule has 146 valence electrons. The van der Waals surface area contributed by atoms with E-state index in [1.165, 1.54) is 29.1 Å². The Morgan fingerprint density at radius 1 is 1.18 bits per heavy atom. The van der Waals surface area contributed by atoms with Gasteiger partial charge in [-0.25, -0.2) is 4.98 Å². The van der Waals surface area contributed by atoms with Crippen molar-refractivity contribution in [2.75, 3.05) is 19.6 Å². The first-order chi connectivity index (χ1) is 13.7. The zero-order chi connectivity index (χ0) is 19.3. The third-order valence-corrected chi connectivity index (χ3v) is 7.17. The molecule has 1 saturated heterocycles. The Balaban J connectivity index is 1.37. The monoisotopic (exact) mass is 431 g/mol. The summed E-state index contributed by atoms with van der Waals surface area (Å²) in [7, 11) is 0. The molecule has 0 aliphatic carbocycles. The number of rotatable bonds is 7. The standard InChI is InChI=1S/C21H22ClN3OS2/c22-17-7-2-1-6-16(17)21-24-15(14-28-21)12-20(26)23-13-18(19-8-5-11-27-19)25-9-3-4-10-25/h1-2,5-8,11,14,18H,3-4,9-10,12-13H2,(H,23,26)/t18-/m0/s1. The van der Waals surface area contributed by atoms with Crippen LogP contribution in [0.3, 0.4) is 0 Å². The van der Waals surface area contributed by atoms with Crippen LogP contribution in [0.2, 0.25) is 5.02 Å². The summed E-state index contributed by atoms with van der Waals surface area (Å²) in [4.78, 5) is 20.9. The van der Waals surface area contributed by atoms with Crippen LogP contribution >= 0.6 is 34.3 Å². The van der Waals surface area contributed by atoms with Gasteiger partial charge in [-0.15, -0.1) is 22.7 Å². The highest BCUT2D eigenvalue weighted by Crippen LogP contribution is 2.30. The number of hydrogen-bond acceptors (Lipinski definition) is 5. The van der Waals surface area contributed by atoms with E-state index in [0.29, 0.717) is 11.6 Å². The third kappa shape index (κ3) is 4.63. The van der Waals surface area contributed by atoms with Gasteiger partial charge >= 0.3 is 0 Å². The molecule has 4 rings (SSSR count). The first kappa shape index (κ1) is 19.6. The summed E-state index contributed by atoms with van der Waals surface area (Å²) in [5, 5.41) is 8.69. The minimum absolute atomic E-state index is 0.0109. The van der Waals surface area contributed by atoms with Crippen LogP contribution in [-0.2, 0) is 11.2 Å². The maximum Gasteiger partial charge on any atom is 0.226 e. The predicted octanol–water partition coefficient (Wildman–Crippen LogP) is 5.02. The van der Waals surface area contributed by atoms with Crippen molar-refractivity contribution in [3.8, 4) is 10.6 Å². The van der Waals surface area contributed by atoms with Crippen molar-refractivity contribution in [3.05, 3.63) is 62.8 Å². The lowest BCUT2D eigenvalue weighted by atomic mass is 10.2. The summed E-state index contributed by atoms with van der Waals surface area (Å²) in [5.74, 6) is 0.0109. The Hall–Kier alpha value is -1.73. The number of benzene rings is 1. The van der Waals surface area contributed by atoms with Crippen LogP contribution in [0.4, 0.5) is 0 Å². The second kappa shape index (κ2) is 9.18. The summed E-state index contributed by atoms with van der Waals surface area (Å²) >= 11 is 9.53. The molecule has 1 amide bonds. The second-order valence-electron chi connectivity index (χ2n) is 6.88. The lowest BCUT2D eigenvalue weighted by Crippen LogP contribution is -2.37. The van der Waals surface area contributed by atoms with Crippen LogP contribution in [0.25, 0.3) is 10.6 Å². The molecule has 1 aliphatic rings. The molecule has 0 spiro atoms. The summed E-state index contributed by atoms with van der Waals surface area (Å²) < 4.78 is 0. The smallest absolute Gasteiger partial charge is 0.226 e. The fourth-order valence-corrected chi connectivity index (χ4v) is 5.53. The summed E-state index contributed by atoms with van der Waals surface area (Å²) in [6.45, 7) is 2.85. The molecule has 4 nitrogen and oxygen atoms in total. The molecule has 0 bridgehead atoms. The Morgan fingerprint density at radius 3 is 2.75 bits per heavy atom. The minimum atomic E-state index is 0.0109. The Bertz CT molecular complexity index is 919. The Morgan fingerprint density at radius 2 is 2.00 bits per heavy atom. The molecule has 1 aromatic carbocycles. The van der Waals surface area contributed by atoms with Gasteiger partial charge in [0, 0.05) is 22.4 Å². The quantitative estimate of drug-likeness (QED) is 0.571. The highest BCUT2D eigenvalue weighted by atomic mass is 35.5. The molecular weight excluding hydrogens is 410 g/mol. The van der Waals surface area contributed by atoms with Crippen molar-refractivity contribution in [3.63, 3.8) is 0 Å². The van der Waals surface area contributed by atoms with Gasteiger partial charge in [0.1, 0.15) is 5.01 Å². The first-order valence-electron chi connectivity index (χ1n) is 9.44. The van der Waals surface area contributed by atoms with Gasteiger partial charge in [0.2, 0.25) is 5.91 Å². The molecule has 1 N–H and O–H groups in total. The van der Waals surface area contributed by atoms with Crippen molar-refractivity contribution in [1.29, 1.82) is 0 Å². The van der Waals surface area contributed by atoms with Gasteiger partial charge in [-0.2, -0.15) is 0 Å². The van der Waals surface area contributed by atoms with E-state index in [1.54, 1.807) is 11.3 Å². The zero-order valence-electron chi connectivity index (χ0n) is 15.4. The SMILES string of the molecule is O=C(Cc1csc(-c2ccccc2Cl)n1)NC[C@@H](c1cccs1)N1CCCC1. The number of carbonyl (C=O) groups is 1. The number of nitrogens with zero attached hydrogens (tertiary/aromatic N) is 2. The molecule has 3 aromatic rings. The van der Waals surface area contributed by atoms with E-state index >= 15 is 0 Å². The molecule has 3 heterocycles. The first-order valence-corrected chi connectivity index (χ1v) is 11.6. The predicted molar refractivity (Wildman–Crippen MR) is 117 cm³/mol. The van der Waals surface area contributed by atoms with E-state index < -0.39 is 0 Å². The largest absolute Gasteiger partial charge is 0.354 e. The van der Waals surface area contributed by atoms with Crippen molar-refractivity contribution >= 4 is 40.2 Å². The average molecular weight is 432 g/mol. The fraction of sp³-hybridized carbons (Fsp3) is 0.333. The fourth-order valence-electron chi connectivity index (χ4n) is 3.53. The third-order valence-electron chi connectivity index (χ3n) is 4.94. The van der Waals surface area contributed by atoms with Crippen LogP contribution in [0, 0.1) is 0 Å². The van der Waals surface area contributed by atoms with Crippen LogP contribution in [0.1, 0.15) is 29.5 Å². The van der Waals surface area contributed by atoms with Crippen molar-refractivity contribution < 1.29 is 4.79 Å². The van der Waals surface area contributed by atoms with E-state index in [0.717, 1.165) is 29.4 Å². The molecular formula is C21H22ClN3OS2. The molecule has 1 fully saturated rings. The molecule has 1 atom stereocenters. The number of thiophene rings is 1. The number of nitrogens with one attached hydrogen (secondary N) is 1. The van der Waals surface area contributed by atoms with E-state index in [-0.39, 0.29) is 18.4 Å². The number of likely N-dealkylation sites (tertiary alicyclic amines) is 1. The van der Waals surface area contributed by atoms with E-state index in [2.05, 4.69) is 32.7 Å². The number of carbonyl (C=O) groups excluding carboxylic acids is 1. The molecule has 7 heteroatoms. The molecule has 1 aliphatic heterocycles. The highest BCUT2D eigenvalue weighted by molar-refractivity contribution is 7.13. The minimum Gasteiger partial charge on any atom is -0.354 e.